The Balaban J connectivity index is 1.92. The second kappa shape index (κ2) is 6.56. The predicted octanol–water partition coefficient (Wildman–Crippen LogP) is 3.83. The summed E-state index contributed by atoms with van der Waals surface area (Å²) in [5.74, 6) is 0.865. The smallest absolute Gasteiger partial charge is 0.278 e. The highest BCUT2D eigenvalue weighted by Gasteiger charge is 2.65. The minimum absolute atomic E-state index is 0.0120. The van der Waals surface area contributed by atoms with E-state index in [2.05, 4.69) is 0 Å². The number of methoxy groups -OCH3 is 2. The number of thioether (sulfide) groups is 1. The zero-order valence-corrected chi connectivity index (χ0v) is 17.0. The molecule has 0 saturated carbocycles. The molecule has 1 saturated heterocycles. The zero-order chi connectivity index (χ0) is 20.2. The van der Waals surface area contributed by atoms with Gasteiger partial charge in [0.15, 0.2) is 16.4 Å². The lowest BCUT2D eigenvalue weighted by Gasteiger charge is -2.57. The molecule has 7 nitrogen and oxygen atoms in total. The number of β-lactam (4-membered cyclic amide) rings is 1. The van der Waals surface area contributed by atoms with Crippen LogP contribution in [0.1, 0.15) is 16.7 Å². The molecule has 0 spiro atoms. The fourth-order valence-electron chi connectivity index (χ4n) is 3.83. The van der Waals surface area contributed by atoms with Crippen LogP contribution in [0.5, 0.6) is 11.5 Å². The number of ether oxygens (including phenoxy) is 2. The third kappa shape index (κ3) is 2.41. The Labute approximate surface area is 170 Å². The van der Waals surface area contributed by atoms with Crippen molar-refractivity contribution in [3.05, 3.63) is 57.1 Å². The summed E-state index contributed by atoms with van der Waals surface area (Å²) in [5.41, 5.74) is 1.83. The number of hydrogen-bond acceptors (Lipinski definition) is 6. The van der Waals surface area contributed by atoms with Crippen molar-refractivity contribution < 1.29 is 19.2 Å². The molecule has 1 fully saturated rings. The summed E-state index contributed by atoms with van der Waals surface area (Å²) in [5, 5.41) is 10.9. The highest BCUT2D eigenvalue weighted by Crippen LogP contribution is 2.62. The molecule has 2 aliphatic rings. The highest BCUT2D eigenvalue weighted by atomic mass is 35.5. The van der Waals surface area contributed by atoms with Crippen LogP contribution in [0.2, 0.25) is 0 Å². The Morgan fingerprint density at radius 2 is 1.96 bits per heavy atom. The number of rotatable bonds is 4. The Bertz CT molecular complexity index is 1010. The van der Waals surface area contributed by atoms with Crippen LogP contribution in [0.15, 0.2) is 35.2 Å². The molecule has 0 radical (unpaired) electrons. The number of halogens is 1. The Hall–Kier alpha value is -2.45. The lowest BCUT2D eigenvalue weighted by Crippen LogP contribution is -2.68. The van der Waals surface area contributed by atoms with E-state index in [4.69, 9.17) is 21.1 Å². The van der Waals surface area contributed by atoms with Gasteiger partial charge in [0.25, 0.3) is 5.69 Å². The molecule has 2 aliphatic heterocycles. The third-order valence-electron chi connectivity index (χ3n) is 5.19. The second-order valence-electron chi connectivity index (χ2n) is 6.63. The van der Waals surface area contributed by atoms with Crippen molar-refractivity contribution in [3.63, 3.8) is 0 Å². The maximum absolute atomic E-state index is 12.6. The number of hydrogen-bond donors (Lipinski definition) is 0. The van der Waals surface area contributed by atoms with Crippen LogP contribution in [0.3, 0.4) is 0 Å². The summed E-state index contributed by atoms with van der Waals surface area (Å²) >= 11 is 7.84. The van der Waals surface area contributed by atoms with Gasteiger partial charge in [-0.15, -0.1) is 11.6 Å². The van der Waals surface area contributed by atoms with Crippen LogP contribution in [0, 0.1) is 17.0 Å². The number of fused-ring (bicyclic) bond motifs is 2. The molecular formula is C19H17ClN2O5S. The van der Waals surface area contributed by atoms with Gasteiger partial charge in [-0.2, -0.15) is 0 Å². The molecule has 2 aromatic carbocycles. The monoisotopic (exact) mass is 420 g/mol. The predicted molar refractivity (Wildman–Crippen MR) is 105 cm³/mol. The second-order valence-corrected chi connectivity index (χ2v) is 8.33. The van der Waals surface area contributed by atoms with Crippen molar-refractivity contribution in [2.75, 3.05) is 14.2 Å². The maximum Gasteiger partial charge on any atom is 0.278 e. The van der Waals surface area contributed by atoms with Crippen molar-refractivity contribution in [3.8, 4) is 11.5 Å². The first-order valence-corrected chi connectivity index (χ1v) is 9.74. The van der Waals surface area contributed by atoms with E-state index in [0.717, 1.165) is 10.5 Å². The van der Waals surface area contributed by atoms with Crippen molar-refractivity contribution in [1.29, 1.82) is 0 Å². The summed E-state index contributed by atoms with van der Waals surface area (Å²) in [4.78, 5) is 25.4. The number of nitro benzene ring substituents is 1. The van der Waals surface area contributed by atoms with Crippen molar-refractivity contribution in [2.24, 2.45) is 0 Å². The number of carbonyl (C=O) groups excluding carboxylic acids is 1. The van der Waals surface area contributed by atoms with Gasteiger partial charge in [-0.3, -0.25) is 14.9 Å². The fraction of sp³-hybridized carbons (Fsp3) is 0.316. The number of alkyl halides is 1. The molecule has 0 unspecified atom stereocenters. The SMILES string of the molecule is COc1cc2c(cc1OC)S[C@@]1(c3cccc(C)c3[N+](=O)[O-])[C@H](Cl)C(=O)N1C2. The van der Waals surface area contributed by atoms with Crippen LogP contribution >= 0.6 is 23.4 Å². The first-order chi connectivity index (χ1) is 13.3. The molecule has 2 heterocycles. The van der Waals surface area contributed by atoms with E-state index in [0.29, 0.717) is 22.6 Å². The largest absolute Gasteiger partial charge is 0.493 e. The number of carbonyl (C=O) groups is 1. The van der Waals surface area contributed by atoms with Gasteiger partial charge in [0.1, 0.15) is 5.38 Å². The van der Waals surface area contributed by atoms with Gasteiger partial charge in [-0.25, -0.2) is 0 Å². The molecule has 0 bridgehead atoms. The molecule has 2 atom stereocenters. The van der Waals surface area contributed by atoms with E-state index in [1.54, 1.807) is 44.2 Å². The van der Waals surface area contributed by atoms with Crippen molar-refractivity contribution in [1.82, 2.24) is 4.90 Å². The average molecular weight is 421 g/mol. The van der Waals surface area contributed by atoms with E-state index in [1.165, 1.54) is 11.8 Å². The van der Waals surface area contributed by atoms with Crippen LogP contribution in [-0.4, -0.2) is 35.3 Å². The van der Waals surface area contributed by atoms with Crippen LogP contribution in [0.4, 0.5) is 5.69 Å². The molecule has 0 N–H and O–H groups in total. The zero-order valence-electron chi connectivity index (χ0n) is 15.4. The van der Waals surface area contributed by atoms with E-state index in [1.807, 2.05) is 12.1 Å². The number of amides is 1. The van der Waals surface area contributed by atoms with E-state index in [-0.39, 0.29) is 18.1 Å². The maximum atomic E-state index is 12.6. The van der Waals surface area contributed by atoms with Gasteiger partial charge in [0.05, 0.1) is 24.7 Å². The van der Waals surface area contributed by atoms with Gasteiger partial charge in [0, 0.05) is 17.0 Å². The molecule has 0 aromatic heterocycles. The van der Waals surface area contributed by atoms with Gasteiger partial charge < -0.3 is 14.4 Å². The molecular weight excluding hydrogens is 404 g/mol. The number of aryl methyl sites for hydroxylation is 1. The van der Waals surface area contributed by atoms with Crippen LogP contribution in [0.25, 0.3) is 0 Å². The Morgan fingerprint density at radius 3 is 2.61 bits per heavy atom. The quantitative estimate of drug-likeness (QED) is 0.323. The normalized spacial score (nSPS) is 22.8. The standard InChI is InChI=1S/C19H17ClN2O5S/c1-10-5-4-6-12(16(10)22(24)25)19-17(20)18(23)21(19)9-11-7-13(26-2)14(27-3)8-15(11)28-19/h4-8,17H,9H2,1-3H3/t17-,19+/m1/s1. The van der Waals surface area contributed by atoms with Crippen LogP contribution < -0.4 is 9.47 Å². The van der Waals surface area contributed by atoms with E-state index in [9.17, 15) is 14.9 Å². The third-order valence-corrected chi connectivity index (χ3v) is 7.41. The number of nitrogens with zero attached hydrogens (tertiary/aromatic N) is 2. The van der Waals surface area contributed by atoms with Crippen molar-refractivity contribution >= 4 is 35.0 Å². The minimum atomic E-state index is -1.04. The van der Waals surface area contributed by atoms with Crippen molar-refractivity contribution in [2.45, 2.75) is 28.6 Å². The first-order valence-electron chi connectivity index (χ1n) is 8.49. The fourth-order valence-corrected chi connectivity index (χ4v) is 5.81. The molecule has 146 valence electrons. The lowest BCUT2D eigenvalue weighted by atomic mass is 9.88. The number of benzene rings is 2. The molecule has 9 heteroatoms. The number of nitro groups is 1. The molecule has 4 rings (SSSR count). The molecule has 1 amide bonds. The Kier molecular flexibility index (Phi) is 4.43. The minimum Gasteiger partial charge on any atom is -0.493 e. The van der Waals surface area contributed by atoms with Gasteiger partial charge in [-0.1, -0.05) is 23.9 Å². The van der Waals surface area contributed by atoms with Gasteiger partial charge in [0.2, 0.25) is 5.91 Å². The highest BCUT2D eigenvalue weighted by molar-refractivity contribution is 8.00. The first kappa shape index (κ1) is 18.9. The van der Waals surface area contributed by atoms with E-state index < -0.39 is 15.2 Å². The Morgan fingerprint density at radius 1 is 1.29 bits per heavy atom. The van der Waals surface area contributed by atoms with Gasteiger partial charge >= 0.3 is 0 Å². The molecule has 2 aromatic rings. The topological polar surface area (TPSA) is 81.9 Å². The lowest BCUT2D eigenvalue weighted by molar-refractivity contribution is -0.386. The summed E-state index contributed by atoms with van der Waals surface area (Å²) in [6, 6.07) is 8.76. The summed E-state index contributed by atoms with van der Waals surface area (Å²) in [7, 11) is 3.09. The molecule has 28 heavy (non-hydrogen) atoms. The summed E-state index contributed by atoms with van der Waals surface area (Å²) < 4.78 is 10.7. The molecule has 0 aliphatic carbocycles. The number of para-hydroxylation sites is 1. The van der Waals surface area contributed by atoms with E-state index >= 15 is 0 Å². The summed E-state index contributed by atoms with van der Waals surface area (Å²) in [6.45, 7) is 1.97. The average Bonchev–Trinajstić information content (AvgIpc) is 2.70. The summed E-state index contributed by atoms with van der Waals surface area (Å²) in [6.07, 6.45) is 0. The van der Waals surface area contributed by atoms with Gasteiger partial charge in [-0.05, 0) is 30.7 Å². The van der Waals surface area contributed by atoms with Crippen LogP contribution in [-0.2, 0) is 16.2 Å².